The van der Waals surface area contributed by atoms with Crippen LogP contribution < -0.4 is 5.32 Å². The highest BCUT2D eigenvalue weighted by Crippen LogP contribution is 2.61. The van der Waals surface area contributed by atoms with E-state index in [-0.39, 0.29) is 24.1 Å². The smallest absolute Gasteiger partial charge is 0.364 e. The SMILES string of the molecule is CCOP(=O)(OCC)C(=C(NC(=O)c1ccccc1)C(=O)O)c1ccccc1. The third kappa shape index (κ3) is 5.16. The lowest BCUT2D eigenvalue weighted by molar-refractivity contribution is -0.132. The fraction of sp³-hybridized carbons (Fsp3) is 0.200. The Balaban J connectivity index is 2.66. The molecule has 148 valence electrons. The maximum absolute atomic E-state index is 13.5. The van der Waals surface area contributed by atoms with Gasteiger partial charge in [0.15, 0.2) is 0 Å². The Hall–Kier alpha value is -2.73. The molecule has 0 unspecified atom stereocenters. The van der Waals surface area contributed by atoms with Crippen LogP contribution in [-0.4, -0.2) is 30.2 Å². The zero-order valence-corrected chi connectivity index (χ0v) is 16.5. The number of hydrogen-bond acceptors (Lipinski definition) is 5. The number of benzene rings is 2. The molecule has 1 amide bonds. The van der Waals surface area contributed by atoms with Crippen molar-refractivity contribution in [1.29, 1.82) is 0 Å². The van der Waals surface area contributed by atoms with E-state index in [4.69, 9.17) is 9.05 Å². The maximum atomic E-state index is 13.5. The number of aliphatic carboxylic acids is 1. The maximum Gasteiger partial charge on any atom is 0.364 e. The Bertz CT molecular complexity index is 885. The molecule has 7 nitrogen and oxygen atoms in total. The molecule has 0 aromatic heterocycles. The van der Waals surface area contributed by atoms with E-state index >= 15 is 0 Å². The first-order valence-electron chi connectivity index (χ1n) is 8.72. The van der Waals surface area contributed by atoms with Crippen LogP contribution in [-0.2, 0) is 18.4 Å². The van der Waals surface area contributed by atoms with Crippen LogP contribution in [0.15, 0.2) is 66.4 Å². The summed E-state index contributed by atoms with van der Waals surface area (Å²) in [7, 11) is -4.03. The number of carbonyl (C=O) groups is 2. The lowest BCUT2D eigenvalue weighted by atomic mass is 10.1. The van der Waals surface area contributed by atoms with Gasteiger partial charge < -0.3 is 19.5 Å². The van der Waals surface area contributed by atoms with Crippen LogP contribution in [0.4, 0.5) is 0 Å². The first kappa shape index (κ1) is 21.6. The van der Waals surface area contributed by atoms with Gasteiger partial charge in [-0.3, -0.25) is 9.36 Å². The van der Waals surface area contributed by atoms with E-state index in [2.05, 4.69) is 5.32 Å². The minimum Gasteiger partial charge on any atom is -0.477 e. The summed E-state index contributed by atoms with van der Waals surface area (Å²) in [4.78, 5) is 24.6. The molecule has 0 aliphatic carbocycles. The summed E-state index contributed by atoms with van der Waals surface area (Å²) < 4.78 is 24.2. The van der Waals surface area contributed by atoms with E-state index in [9.17, 15) is 19.3 Å². The van der Waals surface area contributed by atoms with Gasteiger partial charge in [0, 0.05) is 5.56 Å². The highest BCUT2D eigenvalue weighted by atomic mass is 31.2. The summed E-state index contributed by atoms with van der Waals surface area (Å²) in [6.45, 7) is 3.31. The van der Waals surface area contributed by atoms with Crippen molar-refractivity contribution in [3.05, 3.63) is 77.5 Å². The molecule has 2 aromatic carbocycles. The van der Waals surface area contributed by atoms with Gasteiger partial charge >= 0.3 is 13.6 Å². The van der Waals surface area contributed by atoms with E-state index < -0.39 is 25.2 Å². The molecule has 0 saturated heterocycles. The molecular formula is C20H22NO6P. The van der Waals surface area contributed by atoms with Gasteiger partial charge in [-0.2, -0.15) is 0 Å². The second-order valence-electron chi connectivity index (χ2n) is 5.55. The van der Waals surface area contributed by atoms with Crippen molar-refractivity contribution in [3.63, 3.8) is 0 Å². The molecule has 0 aliphatic heterocycles. The van der Waals surface area contributed by atoms with Gasteiger partial charge in [-0.1, -0.05) is 48.5 Å². The van der Waals surface area contributed by atoms with E-state index in [1.807, 2.05) is 0 Å². The average molecular weight is 403 g/mol. The third-order valence-electron chi connectivity index (χ3n) is 3.64. The number of amides is 1. The van der Waals surface area contributed by atoms with Gasteiger partial charge in [-0.05, 0) is 31.5 Å². The second kappa shape index (κ2) is 9.99. The standard InChI is InChI=1S/C20H22NO6P/c1-3-26-28(25,27-4-2)18(15-11-7-5-8-12-15)17(20(23)24)21-19(22)16-13-9-6-10-14-16/h5-14H,3-4H2,1-2H3,(H,21,22)(H,23,24). The zero-order valence-electron chi connectivity index (χ0n) is 15.6. The molecule has 0 saturated carbocycles. The van der Waals surface area contributed by atoms with Crippen LogP contribution in [0.3, 0.4) is 0 Å². The zero-order chi connectivity index (χ0) is 20.6. The Morgan fingerprint density at radius 1 is 0.893 bits per heavy atom. The minimum absolute atomic E-state index is 0.0349. The molecule has 2 rings (SSSR count). The molecule has 0 aliphatic rings. The van der Waals surface area contributed by atoms with Gasteiger partial charge in [0.1, 0.15) is 11.0 Å². The van der Waals surface area contributed by atoms with Crippen LogP contribution in [0.5, 0.6) is 0 Å². The fourth-order valence-corrected chi connectivity index (χ4v) is 4.43. The molecule has 0 fully saturated rings. The number of hydrogen-bond donors (Lipinski definition) is 2. The molecule has 0 spiro atoms. The lowest BCUT2D eigenvalue weighted by Gasteiger charge is -2.22. The molecule has 0 bridgehead atoms. The highest BCUT2D eigenvalue weighted by Gasteiger charge is 2.36. The highest BCUT2D eigenvalue weighted by molar-refractivity contribution is 7.65. The Labute approximate surface area is 163 Å². The van der Waals surface area contributed by atoms with E-state index in [1.165, 1.54) is 0 Å². The number of rotatable bonds is 9. The quantitative estimate of drug-likeness (QED) is 0.482. The first-order valence-corrected chi connectivity index (χ1v) is 10.3. The molecule has 0 radical (unpaired) electrons. The summed E-state index contributed by atoms with van der Waals surface area (Å²) in [6, 6.07) is 16.4. The van der Waals surface area contributed by atoms with Crippen LogP contribution >= 0.6 is 7.60 Å². The van der Waals surface area contributed by atoms with Crippen molar-refractivity contribution in [1.82, 2.24) is 5.32 Å². The largest absolute Gasteiger partial charge is 0.477 e. The van der Waals surface area contributed by atoms with Crippen molar-refractivity contribution in [3.8, 4) is 0 Å². The van der Waals surface area contributed by atoms with E-state index in [0.717, 1.165) is 0 Å². The number of carboxylic acids is 1. The molecule has 28 heavy (non-hydrogen) atoms. The van der Waals surface area contributed by atoms with Crippen molar-refractivity contribution in [2.45, 2.75) is 13.8 Å². The van der Waals surface area contributed by atoms with Crippen molar-refractivity contribution < 1.29 is 28.3 Å². The van der Waals surface area contributed by atoms with Crippen LogP contribution in [0.2, 0.25) is 0 Å². The van der Waals surface area contributed by atoms with Gasteiger partial charge in [-0.15, -0.1) is 0 Å². The second-order valence-corrected chi connectivity index (χ2v) is 7.51. The molecule has 8 heteroatoms. The van der Waals surface area contributed by atoms with Gasteiger partial charge in [0.2, 0.25) is 0 Å². The Kier molecular flexibility index (Phi) is 7.70. The molecule has 2 N–H and O–H groups in total. The molecular weight excluding hydrogens is 381 g/mol. The number of carboxylic acid groups (broad SMARTS) is 1. The Morgan fingerprint density at radius 3 is 1.79 bits per heavy atom. The summed E-state index contributed by atoms with van der Waals surface area (Å²) in [5.74, 6) is -2.10. The van der Waals surface area contributed by atoms with Gasteiger partial charge in [0.25, 0.3) is 5.91 Å². The molecule has 0 atom stereocenters. The third-order valence-corrected chi connectivity index (χ3v) is 5.87. The molecule has 2 aromatic rings. The normalized spacial score (nSPS) is 12.2. The average Bonchev–Trinajstić information content (AvgIpc) is 2.69. The fourth-order valence-electron chi connectivity index (χ4n) is 2.53. The van der Waals surface area contributed by atoms with Crippen molar-refractivity contribution in [2.75, 3.05) is 13.2 Å². The molecule has 0 heterocycles. The topological polar surface area (TPSA) is 102 Å². The van der Waals surface area contributed by atoms with Crippen molar-refractivity contribution in [2.24, 2.45) is 0 Å². The van der Waals surface area contributed by atoms with Gasteiger partial charge in [-0.25, -0.2) is 4.79 Å². The lowest BCUT2D eigenvalue weighted by Crippen LogP contribution is -2.29. The van der Waals surface area contributed by atoms with Crippen molar-refractivity contribution >= 4 is 24.8 Å². The summed E-state index contributed by atoms with van der Waals surface area (Å²) in [5.41, 5.74) is 0.0279. The monoisotopic (exact) mass is 403 g/mol. The number of nitrogens with one attached hydrogen (secondary N) is 1. The van der Waals surface area contributed by atoms with E-state index in [0.29, 0.717) is 5.56 Å². The summed E-state index contributed by atoms with van der Waals surface area (Å²) in [6.07, 6.45) is 0. The van der Waals surface area contributed by atoms with E-state index in [1.54, 1.807) is 74.5 Å². The first-order chi connectivity index (χ1) is 13.4. The summed E-state index contributed by atoms with van der Waals surface area (Å²) >= 11 is 0. The predicted octanol–water partition coefficient (Wildman–Crippen LogP) is 4.14. The minimum atomic E-state index is -4.03. The predicted molar refractivity (Wildman–Crippen MR) is 106 cm³/mol. The van der Waals surface area contributed by atoms with Gasteiger partial charge in [0.05, 0.1) is 13.2 Å². The van der Waals surface area contributed by atoms with Crippen LogP contribution in [0, 0.1) is 0 Å². The van der Waals surface area contributed by atoms with Crippen LogP contribution in [0.1, 0.15) is 29.8 Å². The Morgan fingerprint density at radius 2 is 1.36 bits per heavy atom. The number of carbonyl (C=O) groups excluding carboxylic acids is 1. The summed E-state index contributed by atoms with van der Waals surface area (Å²) in [5, 5.41) is 12.0. The van der Waals surface area contributed by atoms with Crippen LogP contribution in [0.25, 0.3) is 5.31 Å².